The van der Waals surface area contributed by atoms with Gasteiger partial charge < -0.3 is 11.1 Å². The lowest BCUT2D eigenvalue weighted by Crippen LogP contribution is -2.32. The lowest BCUT2D eigenvalue weighted by molar-refractivity contribution is -0.122. The van der Waals surface area contributed by atoms with Crippen LogP contribution in [0.25, 0.3) is 0 Å². The Morgan fingerprint density at radius 3 is 2.82 bits per heavy atom. The highest BCUT2D eigenvalue weighted by Crippen LogP contribution is 2.34. The molecule has 3 rings (SSSR count). The van der Waals surface area contributed by atoms with Crippen LogP contribution in [0.15, 0.2) is 35.7 Å². The molecule has 0 spiro atoms. The second-order valence-corrected chi connectivity index (χ2v) is 6.53. The molecule has 118 valence electrons. The molecular formula is C17H21ClN2OS. The van der Waals surface area contributed by atoms with Gasteiger partial charge in [-0.05, 0) is 60.4 Å². The predicted molar refractivity (Wildman–Crippen MR) is 94.8 cm³/mol. The molecule has 0 saturated heterocycles. The zero-order chi connectivity index (χ0) is 14.7. The van der Waals surface area contributed by atoms with E-state index in [4.69, 9.17) is 5.73 Å². The van der Waals surface area contributed by atoms with Gasteiger partial charge in [0, 0.05) is 17.1 Å². The summed E-state index contributed by atoms with van der Waals surface area (Å²) >= 11 is 1.78. The number of rotatable bonds is 4. The van der Waals surface area contributed by atoms with Crippen LogP contribution in [0.3, 0.4) is 0 Å². The Morgan fingerprint density at radius 1 is 1.27 bits per heavy atom. The highest BCUT2D eigenvalue weighted by atomic mass is 35.5. The second kappa shape index (κ2) is 7.65. The summed E-state index contributed by atoms with van der Waals surface area (Å²) in [6.07, 6.45) is 4.05. The van der Waals surface area contributed by atoms with E-state index in [1.807, 2.05) is 24.3 Å². The van der Waals surface area contributed by atoms with Crippen LogP contribution >= 0.6 is 23.7 Å². The molecule has 5 heteroatoms. The fourth-order valence-corrected chi connectivity index (χ4v) is 3.88. The van der Waals surface area contributed by atoms with Crippen LogP contribution in [-0.2, 0) is 17.6 Å². The maximum Gasteiger partial charge on any atom is 0.227 e. The van der Waals surface area contributed by atoms with Crippen molar-refractivity contribution in [3.8, 4) is 0 Å². The van der Waals surface area contributed by atoms with Crippen molar-refractivity contribution in [3.05, 3.63) is 51.7 Å². The number of benzene rings is 1. The summed E-state index contributed by atoms with van der Waals surface area (Å²) in [6.45, 7) is 0.679. The number of fused-ring (bicyclic) bond motifs is 1. The molecule has 3 N–H and O–H groups in total. The highest BCUT2D eigenvalue weighted by Gasteiger charge is 2.26. The molecule has 1 aliphatic rings. The normalized spacial score (nSPS) is 16.5. The van der Waals surface area contributed by atoms with E-state index in [1.165, 1.54) is 16.0 Å². The SMILES string of the molecule is Cl.Nc1ccc(CCNC(=O)C2CCCc3sccc32)cc1. The molecule has 1 unspecified atom stereocenters. The Hall–Kier alpha value is -1.52. The lowest BCUT2D eigenvalue weighted by Gasteiger charge is -2.21. The second-order valence-electron chi connectivity index (χ2n) is 5.53. The monoisotopic (exact) mass is 336 g/mol. The first-order valence-corrected chi connectivity index (χ1v) is 8.30. The molecule has 1 aromatic heterocycles. The van der Waals surface area contributed by atoms with Crippen molar-refractivity contribution in [3.63, 3.8) is 0 Å². The lowest BCUT2D eigenvalue weighted by atomic mass is 9.87. The molecule has 1 atom stereocenters. The van der Waals surface area contributed by atoms with Crippen molar-refractivity contribution < 1.29 is 4.79 Å². The fraction of sp³-hybridized carbons (Fsp3) is 0.353. The maximum atomic E-state index is 12.4. The van der Waals surface area contributed by atoms with E-state index in [2.05, 4.69) is 16.8 Å². The number of carbonyl (C=O) groups excluding carboxylic acids is 1. The summed E-state index contributed by atoms with van der Waals surface area (Å²) in [5.74, 6) is 0.219. The highest BCUT2D eigenvalue weighted by molar-refractivity contribution is 7.10. The number of hydrogen-bond acceptors (Lipinski definition) is 3. The number of hydrogen-bond donors (Lipinski definition) is 2. The molecule has 0 bridgehead atoms. The number of carbonyl (C=O) groups is 1. The molecule has 3 nitrogen and oxygen atoms in total. The Bertz CT molecular complexity index is 624. The van der Waals surface area contributed by atoms with Gasteiger partial charge in [-0.15, -0.1) is 23.7 Å². The number of halogens is 1. The van der Waals surface area contributed by atoms with Gasteiger partial charge >= 0.3 is 0 Å². The Morgan fingerprint density at radius 2 is 2.05 bits per heavy atom. The van der Waals surface area contributed by atoms with E-state index >= 15 is 0 Å². The number of thiophene rings is 1. The first kappa shape index (κ1) is 16.8. The molecule has 22 heavy (non-hydrogen) atoms. The minimum Gasteiger partial charge on any atom is -0.399 e. The quantitative estimate of drug-likeness (QED) is 0.839. The third-order valence-electron chi connectivity index (χ3n) is 4.06. The zero-order valence-corrected chi connectivity index (χ0v) is 14.0. The molecule has 0 saturated carbocycles. The van der Waals surface area contributed by atoms with Crippen molar-refractivity contribution in [2.45, 2.75) is 31.6 Å². The van der Waals surface area contributed by atoms with Gasteiger partial charge in [-0.25, -0.2) is 0 Å². The third kappa shape index (κ3) is 3.81. The van der Waals surface area contributed by atoms with Gasteiger partial charge in [0.15, 0.2) is 0 Å². The molecule has 0 radical (unpaired) electrons. The van der Waals surface area contributed by atoms with Gasteiger partial charge in [0.2, 0.25) is 5.91 Å². The van der Waals surface area contributed by atoms with Crippen molar-refractivity contribution in [1.82, 2.24) is 5.32 Å². The molecule has 2 aromatic rings. The molecule has 1 heterocycles. The molecule has 1 amide bonds. The summed E-state index contributed by atoms with van der Waals surface area (Å²) in [5.41, 5.74) is 8.89. The van der Waals surface area contributed by atoms with Crippen LogP contribution < -0.4 is 11.1 Å². The van der Waals surface area contributed by atoms with E-state index in [0.717, 1.165) is 31.4 Å². The number of amides is 1. The molecule has 0 aliphatic heterocycles. The van der Waals surface area contributed by atoms with E-state index in [-0.39, 0.29) is 24.2 Å². The standard InChI is InChI=1S/C17H20N2OS.ClH/c18-13-6-4-12(5-7-13)8-10-19-17(20)15-2-1-3-16-14(15)9-11-21-16;/h4-7,9,11,15H,1-3,8,10,18H2,(H,19,20);1H. The Kier molecular flexibility index (Phi) is 5.86. The summed E-state index contributed by atoms with van der Waals surface area (Å²) in [5, 5.41) is 5.18. The number of nitrogens with two attached hydrogens (primary N) is 1. The van der Waals surface area contributed by atoms with Crippen molar-refractivity contribution >= 4 is 35.3 Å². The third-order valence-corrected chi connectivity index (χ3v) is 5.06. The summed E-state index contributed by atoms with van der Waals surface area (Å²) in [4.78, 5) is 13.8. The van der Waals surface area contributed by atoms with Crippen LogP contribution in [0.1, 0.15) is 34.8 Å². The van der Waals surface area contributed by atoms with E-state index in [0.29, 0.717) is 6.54 Å². The van der Waals surface area contributed by atoms with Gasteiger partial charge in [-0.3, -0.25) is 4.79 Å². The Labute approximate surface area is 141 Å². The number of nitrogens with one attached hydrogen (secondary N) is 1. The van der Waals surface area contributed by atoms with Crippen LogP contribution in [0, 0.1) is 0 Å². The van der Waals surface area contributed by atoms with Crippen LogP contribution in [-0.4, -0.2) is 12.5 Å². The minimum atomic E-state index is 0. The van der Waals surface area contributed by atoms with E-state index < -0.39 is 0 Å². The van der Waals surface area contributed by atoms with Gasteiger partial charge in [0.25, 0.3) is 0 Å². The van der Waals surface area contributed by atoms with Gasteiger partial charge in [-0.2, -0.15) is 0 Å². The summed E-state index contributed by atoms with van der Waals surface area (Å²) in [7, 11) is 0. The number of nitrogen functional groups attached to an aromatic ring is 1. The molecule has 1 aromatic carbocycles. The van der Waals surface area contributed by atoms with Crippen LogP contribution in [0.5, 0.6) is 0 Å². The zero-order valence-electron chi connectivity index (χ0n) is 12.4. The summed E-state index contributed by atoms with van der Waals surface area (Å²) < 4.78 is 0. The maximum absolute atomic E-state index is 12.4. The molecule has 0 fully saturated rings. The average molecular weight is 337 g/mol. The molecule has 1 aliphatic carbocycles. The van der Waals surface area contributed by atoms with E-state index in [9.17, 15) is 4.79 Å². The van der Waals surface area contributed by atoms with Gasteiger partial charge in [-0.1, -0.05) is 12.1 Å². The van der Waals surface area contributed by atoms with Crippen molar-refractivity contribution in [2.75, 3.05) is 12.3 Å². The predicted octanol–water partition coefficient (Wildman–Crippen LogP) is 3.53. The largest absolute Gasteiger partial charge is 0.399 e. The number of anilines is 1. The van der Waals surface area contributed by atoms with Gasteiger partial charge in [0.1, 0.15) is 0 Å². The fourth-order valence-electron chi connectivity index (χ4n) is 2.90. The molecular weight excluding hydrogens is 316 g/mol. The van der Waals surface area contributed by atoms with Crippen LogP contribution in [0.4, 0.5) is 5.69 Å². The topological polar surface area (TPSA) is 55.1 Å². The van der Waals surface area contributed by atoms with Crippen molar-refractivity contribution in [1.29, 1.82) is 0 Å². The van der Waals surface area contributed by atoms with Gasteiger partial charge in [0.05, 0.1) is 5.92 Å². The summed E-state index contributed by atoms with van der Waals surface area (Å²) in [6, 6.07) is 9.94. The first-order chi connectivity index (χ1) is 10.2. The number of aryl methyl sites for hydroxylation is 1. The Balaban J connectivity index is 0.00000176. The minimum absolute atomic E-state index is 0. The van der Waals surface area contributed by atoms with Crippen molar-refractivity contribution in [2.24, 2.45) is 0 Å². The smallest absolute Gasteiger partial charge is 0.227 e. The average Bonchev–Trinajstić information content (AvgIpc) is 2.97. The first-order valence-electron chi connectivity index (χ1n) is 7.42. The van der Waals surface area contributed by atoms with Crippen LogP contribution in [0.2, 0.25) is 0 Å². The van der Waals surface area contributed by atoms with E-state index in [1.54, 1.807) is 11.3 Å².